The monoisotopic (exact) mass is 624 g/mol. The van der Waals surface area contributed by atoms with E-state index in [0.717, 1.165) is 16.0 Å². The number of aliphatic hydroxyl groups excluding tert-OH is 1. The molecule has 8 heteroatoms. The number of rotatable bonds is 9. The number of nitrogens with zero attached hydrogens (tertiary/aromatic N) is 2. The second-order valence-electron chi connectivity index (χ2n) is 11.2. The normalized spacial score (nSPS) is 17.8. The van der Waals surface area contributed by atoms with Crippen molar-refractivity contribution in [2.45, 2.75) is 25.9 Å². The highest BCUT2D eigenvalue weighted by atomic mass is 16.5. The van der Waals surface area contributed by atoms with Gasteiger partial charge in [-0.15, -0.1) is 0 Å². The first-order valence-electron chi connectivity index (χ1n) is 15.2. The number of allylic oxidation sites excluding steroid dienone is 1. The third-order valence-electron chi connectivity index (χ3n) is 8.24. The second-order valence-corrected chi connectivity index (χ2v) is 11.2. The molecule has 1 atom stereocenters. The number of hydrogen-bond acceptors (Lipinski definition) is 6. The van der Waals surface area contributed by atoms with E-state index in [9.17, 15) is 19.5 Å². The van der Waals surface area contributed by atoms with Crippen LogP contribution in [0, 0.1) is 6.92 Å². The number of aliphatic hydroxyl groups is 1. The van der Waals surface area contributed by atoms with Crippen LogP contribution in [0.3, 0.4) is 0 Å². The van der Waals surface area contributed by atoms with E-state index in [1.807, 2.05) is 43.3 Å². The number of carbonyl (C=O) groups excluding carboxylic acids is 4. The molecule has 47 heavy (non-hydrogen) atoms. The van der Waals surface area contributed by atoms with Gasteiger partial charge in [0.2, 0.25) is 0 Å². The molecule has 0 saturated carbocycles. The van der Waals surface area contributed by atoms with Crippen molar-refractivity contribution in [3.63, 3.8) is 0 Å². The van der Waals surface area contributed by atoms with Crippen LogP contribution in [0.25, 0.3) is 11.8 Å². The average molecular weight is 625 g/mol. The van der Waals surface area contributed by atoms with Crippen molar-refractivity contribution in [2.75, 3.05) is 11.5 Å². The van der Waals surface area contributed by atoms with Gasteiger partial charge in [-0.2, -0.15) is 0 Å². The van der Waals surface area contributed by atoms with Gasteiger partial charge in [0.15, 0.2) is 17.1 Å². The summed E-state index contributed by atoms with van der Waals surface area (Å²) < 4.78 is 5.60. The van der Waals surface area contributed by atoms with E-state index < -0.39 is 40.4 Å². The van der Waals surface area contributed by atoms with Gasteiger partial charge in [0.1, 0.15) is 5.57 Å². The Morgan fingerprint density at radius 2 is 1.40 bits per heavy atom. The third kappa shape index (κ3) is 5.33. The van der Waals surface area contributed by atoms with Gasteiger partial charge in [0.05, 0.1) is 24.4 Å². The Hall–Kier alpha value is -6.02. The lowest BCUT2D eigenvalue weighted by molar-refractivity contribution is -0.140. The molecule has 0 bridgehead atoms. The van der Waals surface area contributed by atoms with Crippen LogP contribution >= 0.6 is 0 Å². The van der Waals surface area contributed by atoms with Crippen LogP contribution in [-0.4, -0.2) is 45.7 Å². The van der Waals surface area contributed by atoms with Crippen molar-refractivity contribution in [1.82, 2.24) is 4.90 Å². The fourth-order valence-electron chi connectivity index (χ4n) is 6.18. The van der Waals surface area contributed by atoms with E-state index >= 15 is 4.79 Å². The Morgan fingerprint density at radius 1 is 0.809 bits per heavy atom. The van der Waals surface area contributed by atoms with Crippen molar-refractivity contribution in [1.29, 1.82) is 0 Å². The van der Waals surface area contributed by atoms with Crippen LogP contribution in [-0.2, 0) is 30.5 Å². The van der Waals surface area contributed by atoms with Gasteiger partial charge in [-0.25, -0.2) is 4.79 Å². The summed E-state index contributed by atoms with van der Waals surface area (Å²) >= 11 is 0. The van der Waals surface area contributed by atoms with Crippen molar-refractivity contribution in [3.8, 4) is 0 Å². The summed E-state index contributed by atoms with van der Waals surface area (Å²) in [5.74, 6) is -4.37. The molecule has 1 N–H and O–H groups in total. The molecule has 4 aromatic rings. The summed E-state index contributed by atoms with van der Waals surface area (Å²) in [6, 6.07) is 33.7. The Labute approximate surface area is 272 Å². The molecule has 2 aliphatic rings. The van der Waals surface area contributed by atoms with Crippen LogP contribution in [0.1, 0.15) is 29.2 Å². The fourth-order valence-corrected chi connectivity index (χ4v) is 6.18. The van der Waals surface area contributed by atoms with Crippen molar-refractivity contribution < 1.29 is 29.0 Å². The van der Waals surface area contributed by atoms with Gasteiger partial charge in [0.25, 0.3) is 11.8 Å². The molecule has 2 heterocycles. The first-order chi connectivity index (χ1) is 22.8. The molecule has 0 saturated heterocycles. The number of benzene rings is 4. The maximum atomic E-state index is 15.3. The molecule has 0 radical (unpaired) electrons. The van der Waals surface area contributed by atoms with Crippen LogP contribution in [0.4, 0.5) is 5.69 Å². The molecular formula is C39H32N2O6. The zero-order valence-electron chi connectivity index (χ0n) is 25.9. The number of carbonyl (C=O) groups is 4. The van der Waals surface area contributed by atoms with Crippen LogP contribution < -0.4 is 4.90 Å². The number of hydrogen-bond donors (Lipinski definition) is 1. The largest absolute Gasteiger partial charge is 0.503 e. The van der Waals surface area contributed by atoms with Gasteiger partial charge in [0, 0.05) is 5.69 Å². The van der Waals surface area contributed by atoms with Crippen molar-refractivity contribution in [3.05, 3.63) is 160 Å². The Kier molecular flexibility index (Phi) is 8.42. The van der Waals surface area contributed by atoms with E-state index in [2.05, 4.69) is 0 Å². The van der Waals surface area contributed by atoms with Crippen LogP contribution in [0.2, 0.25) is 0 Å². The quantitative estimate of drug-likeness (QED) is 0.176. The summed E-state index contributed by atoms with van der Waals surface area (Å²) in [4.78, 5) is 60.6. The third-order valence-corrected chi connectivity index (χ3v) is 8.24. The number of ether oxygens (including phenoxy) is 1. The highest BCUT2D eigenvalue weighted by Crippen LogP contribution is 2.53. The van der Waals surface area contributed by atoms with Gasteiger partial charge in [-0.3, -0.25) is 19.3 Å². The molecule has 2 aliphatic heterocycles. The highest BCUT2D eigenvalue weighted by Gasteiger charge is 2.69. The number of esters is 1. The predicted molar refractivity (Wildman–Crippen MR) is 179 cm³/mol. The minimum Gasteiger partial charge on any atom is -0.503 e. The van der Waals surface area contributed by atoms with Gasteiger partial charge >= 0.3 is 5.97 Å². The molecule has 1 spiro atoms. The summed E-state index contributed by atoms with van der Waals surface area (Å²) in [6.07, 6.45) is 2.73. The SMILES string of the molecule is CCOC(=O)C1=C(c2ccccc2)N(Cc2ccccc2)C(=O)C12C(C(=O)C=Cc1ccccc1)=C(O)C(=O)N2c1ccc(C)cc1. The molecule has 8 nitrogen and oxygen atoms in total. The highest BCUT2D eigenvalue weighted by molar-refractivity contribution is 6.33. The van der Waals surface area contributed by atoms with Crippen molar-refractivity contribution >= 4 is 41.0 Å². The molecule has 234 valence electrons. The molecule has 0 aliphatic carbocycles. The summed E-state index contributed by atoms with van der Waals surface area (Å²) in [7, 11) is 0. The zero-order chi connectivity index (χ0) is 33.1. The van der Waals surface area contributed by atoms with E-state index in [4.69, 9.17) is 4.74 Å². The zero-order valence-corrected chi connectivity index (χ0v) is 25.9. The molecule has 0 aromatic heterocycles. The lowest BCUT2D eigenvalue weighted by Crippen LogP contribution is -2.58. The van der Waals surface area contributed by atoms with Crippen LogP contribution in [0.5, 0.6) is 0 Å². The van der Waals surface area contributed by atoms with E-state index in [0.29, 0.717) is 11.1 Å². The first kappa shape index (κ1) is 31.0. The number of amides is 2. The molecule has 2 amide bonds. The topological polar surface area (TPSA) is 104 Å². The van der Waals surface area contributed by atoms with Crippen molar-refractivity contribution in [2.24, 2.45) is 0 Å². The van der Waals surface area contributed by atoms with E-state index in [1.54, 1.807) is 85.8 Å². The summed E-state index contributed by atoms with van der Waals surface area (Å²) in [5.41, 5.74) is 0.0411. The number of ketones is 1. The van der Waals surface area contributed by atoms with Gasteiger partial charge < -0.3 is 14.7 Å². The van der Waals surface area contributed by atoms with E-state index in [1.165, 1.54) is 17.1 Å². The van der Waals surface area contributed by atoms with Gasteiger partial charge in [-0.1, -0.05) is 115 Å². The number of aryl methyl sites for hydroxylation is 1. The molecule has 6 rings (SSSR count). The Bertz CT molecular complexity index is 1950. The van der Waals surface area contributed by atoms with E-state index in [-0.39, 0.29) is 30.1 Å². The minimum atomic E-state index is -2.39. The van der Waals surface area contributed by atoms with Gasteiger partial charge in [-0.05, 0) is 48.7 Å². The molecule has 4 aromatic carbocycles. The summed E-state index contributed by atoms with van der Waals surface area (Å²) in [5, 5.41) is 11.6. The predicted octanol–water partition coefficient (Wildman–Crippen LogP) is 6.19. The minimum absolute atomic E-state index is 0.00652. The maximum absolute atomic E-state index is 15.3. The Balaban J connectivity index is 1.68. The first-order valence-corrected chi connectivity index (χ1v) is 15.2. The Morgan fingerprint density at radius 3 is 2.02 bits per heavy atom. The maximum Gasteiger partial charge on any atom is 0.339 e. The fraction of sp³-hybridized carbons (Fsp3) is 0.128. The second kappa shape index (κ2) is 12.8. The smallest absolute Gasteiger partial charge is 0.339 e. The van der Waals surface area contributed by atoms with Crippen LogP contribution in [0.15, 0.2) is 138 Å². The summed E-state index contributed by atoms with van der Waals surface area (Å²) in [6.45, 7) is 3.46. The average Bonchev–Trinajstić information content (AvgIpc) is 3.47. The number of anilines is 1. The molecule has 0 fully saturated rings. The lowest BCUT2D eigenvalue weighted by atomic mass is 9.79. The molecule has 1 unspecified atom stereocenters. The standard InChI is InChI=1S/C39H32N2O6/c1-3-47-37(45)33-34(29-17-11-6-12-18-29)40(25-28-15-9-5-10-16-28)38(46)39(33)32(31(42)24-21-27-13-7-4-8-14-27)35(43)36(44)41(39)30-22-19-26(2)20-23-30/h4-24,43H,3,25H2,1-2H3. The molecular weight excluding hydrogens is 592 g/mol. The lowest BCUT2D eigenvalue weighted by Gasteiger charge is -2.36.